The topological polar surface area (TPSA) is 64.6 Å². The minimum Gasteiger partial charge on any atom is -0.497 e. The van der Waals surface area contributed by atoms with Crippen LogP contribution in [0.2, 0.25) is 0 Å². The van der Waals surface area contributed by atoms with E-state index in [0.717, 1.165) is 5.56 Å². The summed E-state index contributed by atoms with van der Waals surface area (Å²) in [5.41, 5.74) is 1.21. The van der Waals surface area contributed by atoms with Gasteiger partial charge in [-0.3, -0.25) is 4.79 Å². The predicted octanol–water partition coefficient (Wildman–Crippen LogP) is 3.42. The van der Waals surface area contributed by atoms with Crippen molar-refractivity contribution in [3.05, 3.63) is 66.0 Å². The van der Waals surface area contributed by atoms with E-state index >= 15 is 0 Å². The van der Waals surface area contributed by atoms with Crippen molar-refractivity contribution in [1.29, 1.82) is 0 Å². The lowest BCUT2D eigenvalue weighted by Crippen LogP contribution is -2.29. The van der Waals surface area contributed by atoms with Crippen molar-refractivity contribution in [3.8, 4) is 5.75 Å². The number of halogens is 1. The highest BCUT2D eigenvalue weighted by atomic mass is 19.1. The first kappa shape index (κ1) is 18.2. The van der Waals surface area contributed by atoms with Crippen LogP contribution in [0.1, 0.15) is 12.5 Å². The number of anilines is 1. The van der Waals surface area contributed by atoms with Crippen LogP contribution in [0.25, 0.3) is 6.08 Å². The van der Waals surface area contributed by atoms with Gasteiger partial charge in [-0.1, -0.05) is 12.1 Å². The average molecular weight is 343 g/mol. The Hall–Kier alpha value is -3.15. The molecule has 1 N–H and O–H groups in total. The summed E-state index contributed by atoms with van der Waals surface area (Å²) in [4.78, 5) is 23.7. The number of hydrogen-bond acceptors (Lipinski definition) is 4. The predicted molar refractivity (Wildman–Crippen MR) is 92.6 cm³/mol. The number of amides is 1. The molecule has 130 valence electrons. The number of benzene rings is 2. The fourth-order valence-electron chi connectivity index (χ4n) is 1.92. The van der Waals surface area contributed by atoms with Crippen LogP contribution in [-0.2, 0) is 14.3 Å². The van der Waals surface area contributed by atoms with E-state index in [2.05, 4.69) is 5.32 Å². The number of rotatable bonds is 6. The number of ether oxygens (including phenoxy) is 2. The van der Waals surface area contributed by atoms with Gasteiger partial charge in [-0.2, -0.15) is 0 Å². The molecule has 2 aromatic rings. The Morgan fingerprint density at radius 3 is 2.32 bits per heavy atom. The average Bonchev–Trinajstić information content (AvgIpc) is 2.62. The molecule has 0 saturated carbocycles. The molecule has 6 heteroatoms. The van der Waals surface area contributed by atoms with Gasteiger partial charge in [0.2, 0.25) is 0 Å². The van der Waals surface area contributed by atoms with Crippen molar-refractivity contribution in [2.24, 2.45) is 0 Å². The molecule has 0 aliphatic rings. The lowest BCUT2D eigenvalue weighted by Gasteiger charge is -2.12. The summed E-state index contributed by atoms with van der Waals surface area (Å²) in [5, 5.41) is 2.54. The Kier molecular flexibility index (Phi) is 6.28. The van der Waals surface area contributed by atoms with Crippen LogP contribution < -0.4 is 10.1 Å². The molecule has 0 aliphatic carbocycles. The van der Waals surface area contributed by atoms with Crippen molar-refractivity contribution >= 4 is 23.6 Å². The molecule has 0 fully saturated rings. The third-order valence-corrected chi connectivity index (χ3v) is 3.30. The molecule has 0 aliphatic heterocycles. The largest absolute Gasteiger partial charge is 0.497 e. The molecule has 0 heterocycles. The number of nitrogens with one attached hydrogen (secondary N) is 1. The van der Waals surface area contributed by atoms with E-state index in [9.17, 15) is 14.0 Å². The molecule has 1 amide bonds. The molecule has 0 spiro atoms. The highest BCUT2D eigenvalue weighted by Gasteiger charge is 2.16. The molecule has 25 heavy (non-hydrogen) atoms. The van der Waals surface area contributed by atoms with Crippen LogP contribution in [0.4, 0.5) is 10.1 Å². The Morgan fingerprint density at radius 1 is 1.08 bits per heavy atom. The number of carbonyl (C=O) groups is 2. The van der Waals surface area contributed by atoms with Gasteiger partial charge in [-0.25, -0.2) is 9.18 Å². The van der Waals surface area contributed by atoms with Gasteiger partial charge < -0.3 is 14.8 Å². The monoisotopic (exact) mass is 343 g/mol. The van der Waals surface area contributed by atoms with Gasteiger partial charge >= 0.3 is 5.97 Å². The number of esters is 1. The maximum absolute atomic E-state index is 12.8. The molecule has 2 rings (SSSR count). The maximum Gasteiger partial charge on any atom is 0.331 e. The first-order valence-electron chi connectivity index (χ1n) is 7.57. The maximum atomic E-state index is 12.8. The zero-order chi connectivity index (χ0) is 18.2. The summed E-state index contributed by atoms with van der Waals surface area (Å²) in [5.74, 6) is -0.831. The SMILES string of the molecule is COc1ccc(/C=C/C(=O)OC(C)C(=O)Nc2ccc(F)cc2)cc1. The Labute approximate surface area is 145 Å². The molecular weight excluding hydrogens is 325 g/mol. The lowest BCUT2D eigenvalue weighted by atomic mass is 10.2. The summed E-state index contributed by atoms with van der Waals surface area (Å²) in [7, 11) is 1.57. The smallest absolute Gasteiger partial charge is 0.331 e. The molecule has 0 saturated heterocycles. The highest BCUT2D eigenvalue weighted by molar-refractivity contribution is 5.96. The second-order valence-corrected chi connectivity index (χ2v) is 5.18. The van der Waals surface area contributed by atoms with Crippen LogP contribution in [0.3, 0.4) is 0 Å². The van der Waals surface area contributed by atoms with Gasteiger partial charge in [0, 0.05) is 11.8 Å². The van der Waals surface area contributed by atoms with Crippen molar-refractivity contribution in [3.63, 3.8) is 0 Å². The number of carbonyl (C=O) groups excluding carboxylic acids is 2. The molecule has 5 nitrogen and oxygen atoms in total. The molecule has 1 unspecified atom stereocenters. The van der Waals surface area contributed by atoms with E-state index in [1.54, 1.807) is 37.5 Å². The van der Waals surface area contributed by atoms with E-state index < -0.39 is 23.8 Å². The third kappa shape index (κ3) is 5.76. The summed E-state index contributed by atoms with van der Waals surface area (Å²) in [6.07, 6.45) is 1.83. The Balaban J connectivity index is 1.86. The third-order valence-electron chi connectivity index (χ3n) is 3.30. The van der Waals surface area contributed by atoms with Crippen molar-refractivity contribution < 1.29 is 23.5 Å². The molecule has 0 bridgehead atoms. The van der Waals surface area contributed by atoms with E-state index in [1.807, 2.05) is 0 Å². The van der Waals surface area contributed by atoms with Crippen molar-refractivity contribution in [2.45, 2.75) is 13.0 Å². The fraction of sp³-hybridized carbons (Fsp3) is 0.158. The summed E-state index contributed by atoms with van der Waals surface area (Å²) < 4.78 is 22.9. The zero-order valence-corrected chi connectivity index (χ0v) is 13.9. The molecule has 0 aromatic heterocycles. The number of hydrogen-bond donors (Lipinski definition) is 1. The first-order chi connectivity index (χ1) is 12.0. The zero-order valence-electron chi connectivity index (χ0n) is 13.9. The Bertz CT molecular complexity index is 754. The highest BCUT2D eigenvalue weighted by Crippen LogP contribution is 2.13. The van der Waals surface area contributed by atoms with E-state index in [-0.39, 0.29) is 0 Å². The Morgan fingerprint density at radius 2 is 1.72 bits per heavy atom. The van der Waals surface area contributed by atoms with Crippen LogP contribution >= 0.6 is 0 Å². The van der Waals surface area contributed by atoms with Crippen molar-refractivity contribution in [1.82, 2.24) is 0 Å². The van der Waals surface area contributed by atoms with Gasteiger partial charge in [-0.15, -0.1) is 0 Å². The first-order valence-corrected chi connectivity index (χ1v) is 7.57. The summed E-state index contributed by atoms with van der Waals surface area (Å²) >= 11 is 0. The fourth-order valence-corrected chi connectivity index (χ4v) is 1.92. The van der Waals surface area contributed by atoms with Gasteiger partial charge in [0.25, 0.3) is 5.91 Å². The van der Waals surface area contributed by atoms with Crippen LogP contribution in [0, 0.1) is 5.82 Å². The van der Waals surface area contributed by atoms with E-state index in [4.69, 9.17) is 9.47 Å². The van der Waals surface area contributed by atoms with Gasteiger partial charge in [0.15, 0.2) is 6.10 Å². The molecule has 0 radical (unpaired) electrons. The van der Waals surface area contributed by atoms with Gasteiger partial charge in [0.1, 0.15) is 11.6 Å². The van der Waals surface area contributed by atoms with Gasteiger partial charge in [-0.05, 0) is 55.0 Å². The van der Waals surface area contributed by atoms with Crippen molar-refractivity contribution in [2.75, 3.05) is 12.4 Å². The number of methoxy groups -OCH3 is 1. The minimum absolute atomic E-state index is 0.402. The quantitative estimate of drug-likeness (QED) is 0.645. The lowest BCUT2D eigenvalue weighted by molar-refractivity contribution is -0.148. The van der Waals surface area contributed by atoms with Gasteiger partial charge in [0.05, 0.1) is 7.11 Å². The minimum atomic E-state index is -0.988. The van der Waals surface area contributed by atoms with E-state index in [1.165, 1.54) is 37.3 Å². The molecular formula is C19H18FNO4. The van der Waals surface area contributed by atoms with Crippen LogP contribution in [-0.4, -0.2) is 25.1 Å². The van der Waals surface area contributed by atoms with E-state index in [0.29, 0.717) is 11.4 Å². The molecule has 2 aromatic carbocycles. The van der Waals surface area contributed by atoms with Crippen LogP contribution in [0.15, 0.2) is 54.6 Å². The standard InChI is InChI=1S/C19H18FNO4/c1-13(19(23)21-16-8-6-15(20)7-9-16)25-18(22)12-5-14-3-10-17(24-2)11-4-14/h3-13H,1-2H3,(H,21,23)/b12-5+. The second kappa shape index (κ2) is 8.63. The normalized spacial score (nSPS) is 11.8. The molecule has 1 atom stereocenters. The summed E-state index contributed by atoms with van der Waals surface area (Å²) in [6.45, 7) is 1.46. The second-order valence-electron chi connectivity index (χ2n) is 5.18. The summed E-state index contributed by atoms with van der Waals surface area (Å²) in [6, 6.07) is 12.4. The van der Waals surface area contributed by atoms with Crippen LogP contribution in [0.5, 0.6) is 5.75 Å².